The van der Waals surface area contributed by atoms with Crippen LogP contribution in [0.25, 0.3) is 22.4 Å². The van der Waals surface area contributed by atoms with E-state index in [0.717, 1.165) is 47.4 Å². The SMILES string of the molecule is Cc1cc2oc(=O)cc(CSc3nnc(-c4ccccc4F)n3C3CCCCC3)c2cc1C(C)C. The highest BCUT2D eigenvalue weighted by molar-refractivity contribution is 7.98. The van der Waals surface area contributed by atoms with Crippen LogP contribution < -0.4 is 5.63 Å². The van der Waals surface area contributed by atoms with Gasteiger partial charge >= 0.3 is 5.63 Å². The molecule has 0 N–H and O–H groups in total. The van der Waals surface area contributed by atoms with Crippen LogP contribution in [0.3, 0.4) is 0 Å². The van der Waals surface area contributed by atoms with Crippen LogP contribution in [0.4, 0.5) is 4.39 Å². The van der Waals surface area contributed by atoms with Crippen molar-refractivity contribution >= 4 is 22.7 Å². The molecule has 0 aliphatic heterocycles. The number of hydrogen-bond donors (Lipinski definition) is 0. The first-order valence-electron chi connectivity index (χ1n) is 12.3. The zero-order valence-electron chi connectivity index (χ0n) is 20.4. The summed E-state index contributed by atoms with van der Waals surface area (Å²) in [6, 6.07) is 12.7. The van der Waals surface area contributed by atoms with Crippen molar-refractivity contribution in [3.8, 4) is 11.4 Å². The van der Waals surface area contributed by atoms with Gasteiger partial charge in [0, 0.05) is 23.2 Å². The van der Waals surface area contributed by atoms with E-state index >= 15 is 0 Å². The maximum absolute atomic E-state index is 14.7. The van der Waals surface area contributed by atoms with Crippen molar-refractivity contribution in [2.75, 3.05) is 0 Å². The highest BCUT2D eigenvalue weighted by Crippen LogP contribution is 2.37. The van der Waals surface area contributed by atoms with Crippen molar-refractivity contribution in [3.63, 3.8) is 0 Å². The van der Waals surface area contributed by atoms with Gasteiger partial charge in [0.15, 0.2) is 11.0 Å². The Hall–Kier alpha value is -2.93. The van der Waals surface area contributed by atoms with Crippen LogP contribution in [-0.4, -0.2) is 14.8 Å². The molecule has 1 saturated carbocycles. The van der Waals surface area contributed by atoms with Crippen molar-refractivity contribution in [3.05, 3.63) is 75.4 Å². The summed E-state index contributed by atoms with van der Waals surface area (Å²) in [6.07, 6.45) is 5.57. The quantitative estimate of drug-likeness (QED) is 0.207. The number of aromatic nitrogens is 3. The number of rotatable bonds is 6. The van der Waals surface area contributed by atoms with Crippen LogP contribution in [0.1, 0.15) is 74.6 Å². The van der Waals surface area contributed by atoms with E-state index in [2.05, 4.69) is 34.7 Å². The normalized spacial score (nSPS) is 14.8. The molecule has 0 saturated heterocycles. The van der Waals surface area contributed by atoms with Gasteiger partial charge in [-0.2, -0.15) is 0 Å². The van der Waals surface area contributed by atoms with E-state index in [4.69, 9.17) is 4.42 Å². The predicted octanol–water partition coefficient (Wildman–Crippen LogP) is 7.42. The number of hydrogen-bond acceptors (Lipinski definition) is 5. The van der Waals surface area contributed by atoms with Gasteiger partial charge in [0.1, 0.15) is 11.4 Å². The van der Waals surface area contributed by atoms with E-state index < -0.39 is 0 Å². The third-order valence-electron chi connectivity index (χ3n) is 6.91. The summed E-state index contributed by atoms with van der Waals surface area (Å²) in [5.41, 5.74) is 3.99. The van der Waals surface area contributed by atoms with Gasteiger partial charge in [0.05, 0.1) is 5.56 Å². The summed E-state index contributed by atoms with van der Waals surface area (Å²) in [4.78, 5) is 12.3. The van der Waals surface area contributed by atoms with E-state index in [1.807, 2.05) is 19.1 Å². The van der Waals surface area contributed by atoms with E-state index in [-0.39, 0.29) is 17.5 Å². The molecule has 0 radical (unpaired) electrons. The average molecular weight is 492 g/mol. The molecule has 5 rings (SSSR count). The van der Waals surface area contributed by atoms with Gasteiger partial charge in [-0.25, -0.2) is 9.18 Å². The molecule has 1 fully saturated rings. The van der Waals surface area contributed by atoms with Crippen molar-refractivity contribution in [1.29, 1.82) is 0 Å². The Morgan fingerprint density at radius 2 is 1.89 bits per heavy atom. The molecule has 1 aliphatic carbocycles. The summed E-state index contributed by atoms with van der Waals surface area (Å²) >= 11 is 1.54. The van der Waals surface area contributed by atoms with Gasteiger partial charge in [0.25, 0.3) is 0 Å². The lowest BCUT2D eigenvalue weighted by Gasteiger charge is -2.25. The second-order valence-electron chi connectivity index (χ2n) is 9.69. The Bertz CT molecular complexity index is 1420. The number of benzene rings is 2. The maximum atomic E-state index is 14.7. The van der Waals surface area contributed by atoms with Crippen LogP contribution in [0.15, 0.2) is 56.8 Å². The third kappa shape index (κ3) is 4.79. The summed E-state index contributed by atoms with van der Waals surface area (Å²) < 4.78 is 22.4. The highest BCUT2D eigenvalue weighted by atomic mass is 32.2. The molecule has 4 aromatic rings. The molecule has 0 amide bonds. The molecule has 2 aromatic heterocycles. The minimum atomic E-state index is -0.356. The molecule has 0 unspecified atom stereocenters. The average Bonchev–Trinajstić information content (AvgIpc) is 3.26. The molecule has 1 aliphatic rings. The maximum Gasteiger partial charge on any atom is 0.336 e. The van der Waals surface area contributed by atoms with Gasteiger partial charge in [-0.05, 0) is 66.6 Å². The smallest absolute Gasteiger partial charge is 0.336 e. The standard InChI is InChI=1S/C28H30FN3O2S/c1-17(2)22-15-23-19(14-26(33)34-25(23)13-18(22)3)16-35-28-31-30-27(21-11-7-8-12-24(21)29)32(28)20-9-5-4-6-10-20/h7-8,11-15,17,20H,4-6,9-10,16H2,1-3H3. The second-order valence-corrected chi connectivity index (χ2v) is 10.6. The minimum absolute atomic E-state index is 0.239. The topological polar surface area (TPSA) is 60.9 Å². The molecule has 2 heterocycles. The summed E-state index contributed by atoms with van der Waals surface area (Å²) in [6.45, 7) is 6.38. The van der Waals surface area contributed by atoms with E-state index in [1.165, 1.54) is 18.1 Å². The van der Waals surface area contributed by atoms with Gasteiger partial charge in [-0.15, -0.1) is 10.2 Å². The lowest BCUT2D eigenvalue weighted by Crippen LogP contribution is -2.15. The molecule has 0 atom stereocenters. The van der Waals surface area contributed by atoms with Crippen LogP contribution in [0, 0.1) is 12.7 Å². The molecule has 7 heteroatoms. The van der Waals surface area contributed by atoms with E-state index in [9.17, 15) is 9.18 Å². The molecule has 5 nitrogen and oxygen atoms in total. The number of halogens is 1. The summed E-state index contributed by atoms with van der Waals surface area (Å²) in [5.74, 6) is 1.19. The van der Waals surface area contributed by atoms with Gasteiger partial charge < -0.3 is 4.42 Å². The Balaban J connectivity index is 1.54. The highest BCUT2D eigenvalue weighted by Gasteiger charge is 2.25. The molecule has 0 bridgehead atoms. The molecule has 182 valence electrons. The van der Waals surface area contributed by atoms with Crippen LogP contribution in [0.5, 0.6) is 0 Å². The molecular formula is C28H30FN3O2S. The first-order valence-corrected chi connectivity index (χ1v) is 13.3. The second kappa shape index (κ2) is 9.97. The zero-order chi connectivity index (χ0) is 24.5. The molecular weight excluding hydrogens is 461 g/mol. The Morgan fingerprint density at radius 3 is 2.63 bits per heavy atom. The summed E-state index contributed by atoms with van der Waals surface area (Å²) in [7, 11) is 0. The third-order valence-corrected chi connectivity index (χ3v) is 7.91. The van der Waals surface area contributed by atoms with Crippen molar-refractivity contribution in [2.45, 2.75) is 75.7 Å². The monoisotopic (exact) mass is 491 g/mol. The van der Waals surface area contributed by atoms with E-state index in [1.54, 1.807) is 30.0 Å². The lowest BCUT2D eigenvalue weighted by atomic mass is 9.95. The largest absolute Gasteiger partial charge is 0.423 e. The molecule has 0 spiro atoms. The van der Waals surface area contributed by atoms with Gasteiger partial charge in [-0.3, -0.25) is 4.57 Å². The first-order chi connectivity index (χ1) is 16.9. The van der Waals surface area contributed by atoms with E-state index in [0.29, 0.717) is 28.6 Å². The van der Waals surface area contributed by atoms with Crippen molar-refractivity contribution in [2.24, 2.45) is 0 Å². The Labute approximate surface area is 208 Å². The first kappa shape index (κ1) is 23.8. The van der Waals surface area contributed by atoms with Gasteiger partial charge in [0.2, 0.25) is 0 Å². The van der Waals surface area contributed by atoms with Crippen LogP contribution in [-0.2, 0) is 5.75 Å². The number of fused-ring (bicyclic) bond motifs is 1. The van der Waals surface area contributed by atoms with Crippen molar-refractivity contribution in [1.82, 2.24) is 14.8 Å². The number of thioether (sulfide) groups is 1. The van der Waals surface area contributed by atoms with Gasteiger partial charge in [-0.1, -0.05) is 57.0 Å². The van der Waals surface area contributed by atoms with Crippen LogP contribution >= 0.6 is 11.8 Å². The lowest BCUT2D eigenvalue weighted by molar-refractivity contribution is 0.339. The van der Waals surface area contributed by atoms with Crippen LogP contribution in [0.2, 0.25) is 0 Å². The summed E-state index contributed by atoms with van der Waals surface area (Å²) in [5, 5.41) is 10.6. The fourth-order valence-corrected chi connectivity index (χ4v) is 6.14. The predicted molar refractivity (Wildman–Crippen MR) is 138 cm³/mol. The molecule has 2 aromatic carbocycles. The fourth-order valence-electron chi connectivity index (χ4n) is 5.15. The van der Waals surface area contributed by atoms with Crippen molar-refractivity contribution < 1.29 is 8.81 Å². The Morgan fingerprint density at radius 1 is 1.11 bits per heavy atom. The minimum Gasteiger partial charge on any atom is -0.423 e. The fraction of sp³-hybridized carbons (Fsp3) is 0.393. The number of nitrogens with zero attached hydrogens (tertiary/aromatic N) is 3. The number of aryl methyl sites for hydroxylation is 1. The molecule has 35 heavy (non-hydrogen) atoms. The Kier molecular flexibility index (Phi) is 6.78. The zero-order valence-corrected chi connectivity index (χ0v) is 21.2.